The van der Waals surface area contributed by atoms with E-state index >= 15 is 0 Å². The molecule has 152 valence electrons. The summed E-state index contributed by atoms with van der Waals surface area (Å²) in [4.78, 5) is 24.9. The van der Waals surface area contributed by atoms with Crippen LogP contribution in [0.2, 0.25) is 0 Å². The van der Waals surface area contributed by atoms with E-state index in [-0.39, 0.29) is 5.56 Å². The van der Waals surface area contributed by atoms with Gasteiger partial charge in [0.25, 0.3) is 5.56 Å². The Morgan fingerprint density at radius 3 is 2.57 bits per heavy atom. The van der Waals surface area contributed by atoms with E-state index in [0.29, 0.717) is 11.5 Å². The van der Waals surface area contributed by atoms with Crippen molar-refractivity contribution in [3.63, 3.8) is 0 Å². The highest BCUT2D eigenvalue weighted by atomic mass is 16.1. The molecule has 0 unspecified atom stereocenters. The average Bonchev–Trinajstić information content (AvgIpc) is 3.04. The zero-order chi connectivity index (χ0) is 20.5. The molecule has 5 rings (SSSR count). The van der Waals surface area contributed by atoms with Crippen molar-refractivity contribution >= 4 is 17.3 Å². The Morgan fingerprint density at radius 2 is 1.80 bits per heavy atom. The summed E-state index contributed by atoms with van der Waals surface area (Å²) in [7, 11) is 1.70. The van der Waals surface area contributed by atoms with E-state index in [0.717, 1.165) is 49.8 Å². The molecular weight excluding hydrogens is 382 g/mol. The summed E-state index contributed by atoms with van der Waals surface area (Å²) in [6.07, 6.45) is 5.99. The molecular formula is C20H21N9O. The van der Waals surface area contributed by atoms with Gasteiger partial charge in [-0.1, -0.05) is 0 Å². The van der Waals surface area contributed by atoms with E-state index in [1.807, 2.05) is 24.3 Å². The number of fused-ring (bicyclic) bond motifs is 1. The zero-order valence-corrected chi connectivity index (χ0v) is 16.6. The van der Waals surface area contributed by atoms with E-state index in [2.05, 4.69) is 30.0 Å². The second-order valence-electron chi connectivity index (χ2n) is 7.25. The van der Waals surface area contributed by atoms with Crippen LogP contribution in [0.15, 0.2) is 53.8 Å². The maximum Gasteiger partial charge on any atom is 0.255 e. The smallest absolute Gasteiger partial charge is 0.255 e. The molecule has 4 aromatic rings. The highest BCUT2D eigenvalue weighted by molar-refractivity contribution is 5.58. The summed E-state index contributed by atoms with van der Waals surface area (Å²) < 4.78 is 3.24. The van der Waals surface area contributed by atoms with Gasteiger partial charge in [0.2, 0.25) is 0 Å². The van der Waals surface area contributed by atoms with Crippen LogP contribution in [-0.4, -0.2) is 60.5 Å². The number of aromatic nitrogens is 7. The zero-order valence-electron chi connectivity index (χ0n) is 16.6. The summed E-state index contributed by atoms with van der Waals surface area (Å²) in [6.45, 7) is 3.24. The number of aryl methyl sites for hydroxylation is 1. The monoisotopic (exact) mass is 403 g/mol. The van der Waals surface area contributed by atoms with Crippen LogP contribution < -0.4 is 15.4 Å². The first-order valence-corrected chi connectivity index (χ1v) is 9.84. The summed E-state index contributed by atoms with van der Waals surface area (Å²) >= 11 is 0. The Hall–Kier alpha value is -3.82. The molecule has 1 fully saturated rings. The minimum atomic E-state index is -0.0521. The molecule has 0 aromatic carbocycles. The summed E-state index contributed by atoms with van der Waals surface area (Å²) in [6, 6.07) is 9.31. The van der Waals surface area contributed by atoms with Crippen LogP contribution in [0.3, 0.4) is 0 Å². The van der Waals surface area contributed by atoms with Gasteiger partial charge in [-0.25, -0.2) is 4.98 Å². The van der Waals surface area contributed by atoms with E-state index < -0.39 is 0 Å². The molecule has 10 nitrogen and oxygen atoms in total. The summed E-state index contributed by atoms with van der Waals surface area (Å²) in [5, 5.41) is 13.3. The molecule has 0 radical (unpaired) electrons. The van der Waals surface area contributed by atoms with Gasteiger partial charge < -0.3 is 14.4 Å². The molecule has 30 heavy (non-hydrogen) atoms. The summed E-state index contributed by atoms with van der Waals surface area (Å²) in [5.74, 6) is 2.26. The molecule has 1 saturated heterocycles. The van der Waals surface area contributed by atoms with Crippen LogP contribution in [-0.2, 0) is 7.05 Å². The Bertz CT molecular complexity index is 1230. The number of rotatable bonds is 3. The molecule has 5 heterocycles. The average molecular weight is 403 g/mol. The molecule has 1 aliphatic rings. The van der Waals surface area contributed by atoms with Gasteiger partial charge in [-0.15, -0.1) is 15.3 Å². The molecule has 10 heteroatoms. The normalized spacial score (nSPS) is 14.8. The lowest BCUT2D eigenvalue weighted by molar-refractivity contribution is 0.769. The van der Waals surface area contributed by atoms with E-state index in [1.165, 1.54) is 4.57 Å². The quantitative estimate of drug-likeness (QED) is 0.500. The fraction of sp³-hybridized carbons (Fsp3) is 0.300. The van der Waals surface area contributed by atoms with Gasteiger partial charge in [0, 0.05) is 57.3 Å². The van der Waals surface area contributed by atoms with E-state index in [4.69, 9.17) is 5.10 Å². The van der Waals surface area contributed by atoms with Crippen LogP contribution in [0.4, 0.5) is 11.6 Å². The van der Waals surface area contributed by atoms with Crippen LogP contribution in [0, 0.1) is 0 Å². The minimum absolute atomic E-state index is 0.0521. The van der Waals surface area contributed by atoms with Gasteiger partial charge in [-0.3, -0.25) is 9.78 Å². The standard InChI is InChI=1S/C20H21N9O/c1-26-14-22-18(12-19(26)30)28-9-3-8-27(10-11-28)17-6-5-16-23-24-20(29(16)25-17)15-4-2-7-21-13-15/h2,4-7,12-14H,3,8-11H2,1H3. The lowest BCUT2D eigenvalue weighted by Gasteiger charge is -2.23. The summed E-state index contributed by atoms with van der Waals surface area (Å²) in [5.41, 5.74) is 1.51. The topological polar surface area (TPSA) is 97.3 Å². The molecule has 0 bridgehead atoms. The van der Waals surface area contributed by atoms with Gasteiger partial charge in [-0.05, 0) is 30.7 Å². The number of hydrogen-bond donors (Lipinski definition) is 0. The number of hydrogen-bond acceptors (Lipinski definition) is 8. The molecule has 0 saturated carbocycles. The highest BCUT2D eigenvalue weighted by Crippen LogP contribution is 2.20. The Labute approximate surface area is 172 Å². The van der Waals surface area contributed by atoms with Crippen LogP contribution in [0.5, 0.6) is 0 Å². The molecule has 0 N–H and O–H groups in total. The Balaban J connectivity index is 1.40. The number of pyridine rings is 1. The van der Waals surface area contributed by atoms with Crippen molar-refractivity contribution in [2.75, 3.05) is 36.0 Å². The number of anilines is 2. The lowest BCUT2D eigenvalue weighted by atomic mass is 10.3. The van der Waals surface area contributed by atoms with Gasteiger partial charge in [0.1, 0.15) is 11.6 Å². The van der Waals surface area contributed by atoms with Crippen molar-refractivity contribution in [1.82, 2.24) is 34.3 Å². The van der Waals surface area contributed by atoms with Gasteiger partial charge in [0.05, 0.1) is 6.33 Å². The van der Waals surface area contributed by atoms with Crippen molar-refractivity contribution < 1.29 is 0 Å². The first-order valence-electron chi connectivity index (χ1n) is 9.84. The van der Waals surface area contributed by atoms with Gasteiger partial charge in [0.15, 0.2) is 11.5 Å². The van der Waals surface area contributed by atoms with Crippen molar-refractivity contribution in [1.29, 1.82) is 0 Å². The Morgan fingerprint density at radius 1 is 0.967 bits per heavy atom. The second-order valence-corrected chi connectivity index (χ2v) is 7.25. The third kappa shape index (κ3) is 3.36. The fourth-order valence-electron chi connectivity index (χ4n) is 3.62. The van der Waals surface area contributed by atoms with Crippen molar-refractivity contribution in [3.8, 4) is 11.4 Å². The van der Waals surface area contributed by atoms with E-state index in [9.17, 15) is 4.79 Å². The fourth-order valence-corrected chi connectivity index (χ4v) is 3.62. The molecule has 0 spiro atoms. The molecule has 0 amide bonds. The first kappa shape index (κ1) is 18.2. The maximum atomic E-state index is 12.0. The largest absolute Gasteiger partial charge is 0.355 e. The van der Waals surface area contributed by atoms with Crippen molar-refractivity contribution in [2.45, 2.75) is 6.42 Å². The SMILES string of the molecule is Cn1cnc(N2CCCN(c3ccc4nnc(-c5cccnc5)n4n3)CC2)cc1=O. The third-order valence-electron chi connectivity index (χ3n) is 5.28. The van der Waals surface area contributed by atoms with Gasteiger partial charge >= 0.3 is 0 Å². The van der Waals surface area contributed by atoms with Crippen molar-refractivity contribution in [2.24, 2.45) is 7.05 Å². The van der Waals surface area contributed by atoms with Crippen LogP contribution in [0.25, 0.3) is 17.0 Å². The lowest BCUT2D eigenvalue weighted by Crippen LogP contribution is -2.32. The predicted molar refractivity (Wildman–Crippen MR) is 113 cm³/mol. The molecule has 0 atom stereocenters. The third-order valence-corrected chi connectivity index (χ3v) is 5.28. The predicted octanol–water partition coefficient (Wildman–Crippen LogP) is 0.997. The Kier molecular flexibility index (Phi) is 4.58. The number of nitrogens with zero attached hydrogens (tertiary/aromatic N) is 9. The molecule has 0 aliphatic carbocycles. The van der Waals surface area contributed by atoms with Gasteiger partial charge in [-0.2, -0.15) is 4.52 Å². The maximum absolute atomic E-state index is 12.0. The molecule has 1 aliphatic heterocycles. The highest BCUT2D eigenvalue weighted by Gasteiger charge is 2.19. The van der Waals surface area contributed by atoms with Crippen LogP contribution in [0.1, 0.15) is 6.42 Å². The minimum Gasteiger partial charge on any atom is -0.355 e. The van der Waals surface area contributed by atoms with E-state index in [1.54, 1.807) is 36.4 Å². The first-order chi connectivity index (χ1) is 14.7. The second kappa shape index (κ2) is 7.54. The van der Waals surface area contributed by atoms with Crippen LogP contribution >= 0.6 is 0 Å². The van der Waals surface area contributed by atoms with Crippen molar-refractivity contribution in [3.05, 3.63) is 59.4 Å². The molecule has 4 aromatic heterocycles.